The number of aliphatic carboxylic acids is 1. The quantitative estimate of drug-likeness (QED) is 0.725. The van der Waals surface area contributed by atoms with Crippen molar-refractivity contribution in [3.05, 3.63) is 6.92 Å². The van der Waals surface area contributed by atoms with E-state index in [0.717, 1.165) is 0 Å². The van der Waals surface area contributed by atoms with Crippen molar-refractivity contribution in [3.8, 4) is 0 Å². The molecule has 0 aliphatic carbocycles. The van der Waals surface area contributed by atoms with Crippen LogP contribution in [0.25, 0.3) is 0 Å². The van der Waals surface area contributed by atoms with Crippen LogP contribution >= 0.6 is 0 Å². The lowest BCUT2D eigenvalue weighted by Gasteiger charge is -2.25. The van der Waals surface area contributed by atoms with Gasteiger partial charge in [0.05, 0.1) is 6.92 Å². The van der Waals surface area contributed by atoms with Crippen LogP contribution in [0.3, 0.4) is 0 Å². The Balaban J connectivity index is 4.56. The van der Waals surface area contributed by atoms with Crippen molar-refractivity contribution < 1.29 is 19.4 Å². The maximum absolute atomic E-state index is 11.4. The lowest BCUT2D eigenvalue weighted by Crippen LogP contribution is -2.50. The Bertz CT molecular complexity index is 273. The first-order valence-corrected chi connectivity index (χ1v) is 5.01. The highest BCUT2D eigenvalue weighted by molar-refractivity contribution is 5.81. The third-order valence-corrected chi connectivity index (χ3v) is 1.69. The second-order valence-corrected chi connectivity index (χ2v) is 5.41. The van der Waals surface area contributed by atoms with Crippen molar-refractivity contribution in [2.45, 2.75) is 46.3 Å². The maximum Gasteiger partial charge on any atom is 0.408 e. The molecule has 0 rings (SSSR count). The normalized spacial score (nSPS) is 14.1. The molecule has 5 heteroatoms. The van der Waals surface area contributed by atoms with Crippen LogP contribution in [0.1, 0.15) is 34.6 Å². The molecule has 0 aliphatic heterocycles. The van der Waals surface area contributed by atoms with Crippen LogP contribution in [0.5, 0.6) is 0 Å². The van der Waals surface area contributed by atoms with E-state index in [1.54, 1.807) is 34.6 Å². The van der Waals surface area contributed by atoms with Crippen LogP contribution in [-0.2, 0) is 9.53 Å². The third-order valence-electron chi connectivity index (χ3n) is 1.69. The smallest absolute Gasteiger partial charge is 0.408 e. The molecular formula is C11H20NO4+. The van der Waals surface area contributed by atoms with Gasteiger partial charge in [0.15, 0.2) is 6.04 Å². The number of amides is 1. The van der Waals surface area contributed by atoms with E-state index in [-0.39, 0.29) is 0 Å². The predicted octanol–water partition coefficient (Wildman–Crippen LogP) is 1.82. The first kappa shape index (κ1) is 14.6. The second-order valence-electron chi connectivity index (χ2n) is 5.41. The fourth-order valence-electron chi connectivity index (χ4n) is 1.02. The number of carboxylic acid groups (broad SMARTS) is 1. The van der Waals surface area contributed by atoms with Gasteiger partial charge in [0.2, 0.25) is 0 Å². The lowest BCUT2D eigenvalue weighted by atomic mass is 9.87. The molecule has 0 bridgehead atoms. The summed E-state index contributed by atoms with van der Waals surface area (Å²) in [4.78, 5) is 22.3. The number of carbonyl (C=O) groups is 2. The second kappa shape index (κ2) is 4.63. The van der Waals surface area contributed by atoms with Gasteiger partial charge >= 0.3 is 12.1 Å². The zero-order valence-corrected chi connectivity index (χ0v) is 10.5. The molecule has 0 heterocycles. The molecule has 5 nitrogen and oxygen atoms in total. The molecule has 16 heavy (non-hydrogen) atoms. The summed E-state index contributed by atoms with van der Waals surface area (Å²) in [6, 6.07) is -1.08. The van der Waals surface area contributed by atoms with Crippen LogP contribution < -0.4 is 5.32 Å². The van der Waals surface area contributed by atoms with Gasteiger partial charge in [0.1, 0.15) is 11.0 Å². The largest absolute Gasteiger partial charge is 0.480 e. The minimum atomic E-state index is -1.13. The molecule has 92 valence electrons. The molecule has 0 aliphatic rings. The topological polar surface area (TPSA) is 75.6 Å². The monoisotopic (exact) mass is 230 g/mol. The van der Waals surface area contributed by atoms with Gasteiger partial charge in [-0.2, -0.15) is 0 Å². The highest BCUT2D eigenvalue weighted by Crippen LogP contribution is 2.19. The van der Waals surface area contributed by atoms with E-state index < -0.39 is 29.1 Å². The van der Waals surface area contributed by atoms with Gasteiger partial charge in [-0.15, -0.1) is 0 Å². The molecule has 0 unspecified atom stereocenters. The van der Waals surface area contributed by atoms with Gasteiger partial charge < -0.3 is 15.2 Å². The Labute approximate surface area is 96.2 Å². The van der Waals surface area contributed by atoms with Crippen molar-refractivity contribution in [2.75, 3.05) is 0 Å². The Morgan fingerprint density at radius 2 is 1.69 bits per heavy atom. The van der Waals surface area contributed by atoms with E-state index in [0.29, 0.717) is 0 Å². The minimum Gasteiger partial charge on any atom is -0.480 e. The van der Waals surface area contributed by atoms with Gasteiger partial charge in [0.25, 0.3) is 0 Å². The lowest BCUT2D eigenvalue weighted by molar-refractivity contribution is -0.141. The standard InChI is InChI=1S/C11H19NO4/c1-10(2,3)7(8(13)14)12-9(15)16-11(4,5)6/h7H,1H2,2-6H3,(H-,12,13,14,15)/p+1/t7-/m1/s1. The Morgan fingerprint density at radius 1 is 1.25 bits per heavy atom. The summed E-state index contributed by atoms with van der Waals surface area (Å²) in [6.07, 6.45) is -0.753. The highest BCUT2D eigenvalue weighted by Gasteiger charge is 2.39. The van der Waals surface area contributed by atoms with Gasteiger partial charge in [-0.3, -0.25) is 0 Å². The summed E-state index contributed by atoms with van der Waals surface area (Å²) in [7, 11) is 0. The first-order chi connectivity index (χ1) is 6.93. The van der Waals surface area contributed by atoms with Gasteiger partial charge in [-0.25, -0.2) is 9.59 Å². The summed E-state index contributed by atoms with van der Waals surface area (Å²) in [5.74, 6) is -1.13. The predicted molar refractivity (Wildman–Crippen MR) is 59.9 cm³/mol. The minimum absolute atomic E-state index is 0.654. The van der Waals surface area contributed by atoms with Gasteiger partial charge in [0, 0.05) is 0 Å². The summed E-state index contributed by atoms with van der Waals surface area (Å²) in [6.45, 7) is 12.1. The highest BCUT2D eigenvalue weighted by atomic mass is 16.6. The van der Waals surface area contributed by atoms with E-state index >= 15 is 0 Å². The van der Waals surface area contributed by atoms with Crippen molar-refractivity contribution in [3.63, 3.8) is 0 Å². The summed E-state index contributed by atoms with van der Waals surface area (Å²) < 4.78 is 4.97. The molecule has 0 saturated carbocycles. The van der Waals surface area contributed by atoms with Gasteiger partial charge in [-0.05, 0) is 34.6 Å². The molecule has 1 amide bonds. The molecule has 0 aromatic carbocycles. The number of hydrogen-bond donors (Lipinski definition) is 2. The average molecular weight is 230 g/mol. The van der Waals surface area contributed by atoms with Crippen LogP contribution in [0.2, 0.25) is 0 Å². The molecule has 0 aromatic rings. The van der Waals surface area contributed by atoms with Gasteiger partial charge in [-0.1, -0.05) is 0 Å². The molecule has 0 spiro atoms. The van der Waals surface area contributed by atoms with E-state index in [4.69, 9.17) is 9.84 Å². The van der Waals surface area contributed by atoms with Crippen molar-refractivity contribution in [1.29, 1.82) is 0 Å². The summed E-state index contributed by atoms with van der Waals surface area (Å²) in [5.41, 5.74) is -1.47. The number of nitrogens with one attached hydrogen (secondary N) is 1. The van der Waals surface area contributed by atoms with Crippen LogP contribution in [-0.4, -0.2) is 28.8 Å². The van der Waals surface area contributed by atoms with Crippen LogP contribution in [0.15, 0.2) is 0 Å². The number of alkyl carbamates (subject to hydrolysis) is 1. The van der Waals surface area contributed by atoms with Crippen LogP contribution in [0.4, 0.5) is 4.79 Å². The van der Waals surface area contributed by atoms with E-state index in [2.05, 4.69) is 12.2 Å². The summed E-state index contributed by atoms with van der Waals surface area (Å²) in [5, 5.41) is 11.2. The Hall–Kier alpha value is -1.39. The number of ether oxygens (including phenoxy) is 1. The first-order valence-electron chi connectivity index (χ1n) is 5.01. The Morgan fingerprint density at radius 3 is 1.94 bits per heavy atom. The maximum atomic E-state index is 11.4. The SMILES string of the molecule is [CH2+]C(C)(C)[C@H](NC(=O)OC(C)(C)C)C(=O)O. The molecule has 0 aromatic heterocycles. The average Bonchev–Trinajstić information content (AvgIpc) is 1.93. The van der Waals surface area contributed by atoms with Crippen LogP contribution in [0, 0.1) is 12.3 Å². The number of carbonyl (C=O) groups excluding carboxylic acids is 1. The number of hydrogen-bond acceptors (Lipinski definition) is 3. The molecule has 0 radical (unpaired) electrons. The summed E-state index contributed by atoms with van der Waals surface area (Å²) >= 11 is 0. The van der Waals surface area contributed by atoms with E-state index in [1.807, 2.05) is 0 Å². The zero-order chi connectivity index (χ0) is 13.1. The number of carboxylic acids is 1. The van der Waals surface area contributed by atoms with E-state index in [1.165, 1.54) is 0 Å². The fourth-order valence-corrected chi connectivity index (χ4v) is 1.02. The van der Waals surface area contributed by atoms with Crippen molar-refractivity contribution >= 4 is 12.1 Å². The zero-order valence-electron chi connectivity index (χ0n) is 10.5. The third kappa shape index (κ3) is 5.48. The molecular weight excluding hydrogens is 210 g/mol. The van der Waals surface area contributed by atoms with Crippen molar-refractivity contribution in [1.82, 2.24) is 5.32 Å². The Kier molecular flexibility index (Phi) is 4.23. The molecule has 0 saturated heterocycles. The van der Waals surface area contributed by atoms with Crippen molar-refractivity contribution in [2.24, 2.45) is 5.41 Å². The molecule has 1 atom stereocenters. The van der Waals surface area contributed by atoms with E-state index in [9.17, 15) is 9.59 Å². The number of rotatable bonds is 3. The molecule has 2 N–H and O–H groups in total. The fraction of sp³-hybridized carbons (Fsp3) is 0.727. The molecule has 0 fully saturated rings.